The second-order valence-corrected chi connectivity index (χ2v) is 4.19. The molecule has 0 aromatic rings. The summed E-state index contributed by atoms with van der Waals surface area (Å²) in [6.07, 6.45) is 3.13. The van der Waals surface area contributed by atoms with Gasteiger partial charge in [0.1, 0.15) is 5.60 Å². The summed E-state index contributed by atoms with van der Waals surface area (Å²) < 4.78 is 9.82. The Kier molecular flexibility index (Phi) is 3.36. The molecule has 5 heteroatoms. The van der Waals surface area contributed by atoms with Gasteiger partial charge in [0.15, 0.2) is 0 Å². The van der Waals surface area contributed by atoms with Crippen molar-refractivity contribution in [2.24, 2.45) is 0 Å². The molecule has 1 aliphatic rings. The fraction of sp³-hybridized carbons (Fsp3) is 0.700. The summed E-state index contributed by atoms with van der Waals surface area (Å²) in [5, 5.41) is 0. The first-order valence-corrected chi connectivity index (χ1v) is 4.77. The summed E-state index contributed by atoms with van der Waals surface area (Å²) >= 11 is 0. The molecule has 1 aliphatic heterocycles. The predicted octanol–water partition coefficient (Wildman–Crippen LogP) is 2.52. The lowest BCUT2D eigenvalue weighted by molar-refractivity contribution is -0.0698. The summed E-state index contributed by atoms with van der Waals surface area (Å²) in [7, 11) is 0. The fourth-order valence-electron chi connectivity index (χ4n) is 0.850. The molecule has 1 saturated heterocycles. The van der Waals surface area contributed by atoms with Crippen LogP contribution in [0, 0.1) is 0 Å². The first-order valence-electron chi connectivity index (χ1n) is 4.77. The number of ether oxygens (including phenoxy) is 2. The van der Waals surface area contributed by atoms with Crippen LogP contribution in [0.2, 0.25) is 0 Å². The highest BCUT2D eigenvalue weighted by molar-refractivity contribution is 5.61. The topological polar surface area (TPSA) is 60.6 Å². The molecule has 86 valence electrons. The second kappa shape index (κ2) is 4.20. The molecule has 0 unspecified atom stereocenters. The van der Waals surface area contributed by atoms with E-state index in [0.717, 1.165) is 0 Å². The molecule has 0 aromatic heterocycles. The summed E-state index contributed by atoms with van der Waals surface area (Å²) in [6.45, 7) is 7.11. The second-order valence-electron chi connectivity index (χ2n) is 4.19. The van der Waals surface area contributed by atoms with E-state index >= 15 is 0 Å². The van der Waals surface area contributed by atoms with E-state index in [1.165, 1.54) is 0 Å². The van der Waals surface area contributed by atoms with Gasteiger partial charge in [-0.2, -0.15) is 9.78 Å². The molecule has 0 spiro atoms. The van der Waals surface area contributed by atoms with Gasteiger partial charge in [-0.1, -0.05) is 12.2 Å². The molecule has 0 amide bonds. The van der Waals surface area contributed by atoms with Crippen molar-refractivity contribution in [1.29, 1.82) is 0 Å². The van der Waals surface area contributed by atoms with Gasteiger partial charge in [0.2, 0.25) is 0 Å². The van der Waals surface area contributed by atoms with Crippen molar-refractivity contribution in [1.82, 2.24) is 0 Å². The minimum atomic E-state index is -1.27. The van der Waals surface area contributed by atoms with Crippen molar-refractivity contribution in [3.63, 3.8) is 0 Å². The Balaban J connectivity index is 2.38. The molecule has 1 rings (SSSR count). The third kappa shape index (κ3) is 4.31. The lowest BCUT2D eigenvalue weighted by Gasteiger charge is -2.19. The van der Waals surface area contributed by atoms with E-state index in [2.05, 4.69) is 9.78 Å². The highest BCUT2D eigenvalue weighted by Gasteiger charge is 2.53. The van der Waals surface area contributed by atoms with Crippen molar-refractivity contribution >= 4 is 6.16 Å². The molecule has 0 radical (unpaired) electrons. The average molecular weight is 216 g/mol. The molecule has 0 saturated carbocycles. The van der Waals surface area contributed by atoms with E-state index in [1.54, 1.807) is 26.8 Å². The zero-order valence-corrected chi connectivity index (χ0v) is 9.40. The van der Waals surface area contributed by atoms with Gasteiger partial charge in [0.05, 0.1) is 6.42 Å². The number of allylic oxidation sites excluding steroid dienone is 1. The van der Waals surface area contributed by atoms with E-state index in [9.17, 15) is 4.79 Å². The van der Waals surface area contributed by atoms with Gasteiger partial charge in [0.25, 0.3) is 0 Å². The maximum atomic E-state index is 11.2. The predicted molar refractivity (Wildman–Crippen MR) is 51.7 cm³/mol. The van der Waals surface area contributed by atoms with Gasteiger partial charge in [-0.3, -0.25) is 0 Å². The van der Waals surface area contributed by atoms with Crippen LogP contribution in [-0.4, -0.2) is 17.7 Å². The summed E-state index contributed by atoms with van der Waals surface area (Å²) in [5.41, 5.74) is -0.590. The van der Waals surface area contributed by atoms with Crippen LogP contribution >= 0.6 is 0 Å². The highest BCUT2D eigenvalue weighted by atomic mass is 17.5. The van der Waals surface area contributed by atoms with Crippen LogP contribution in [0.1, 0.15) is 34.1 Å². The third-order valence-electron chi connectivity index (χ3n) is 1.50. The van der Waals surface area contributed by atoms with Gasteiger partial charge in [0, 0.05) is 0 Å². The fourth-order valence-corrected chi connectivity index (χ4v) is 0.850. The molecule has 1 fully saturated rings. The standard InChI is InChI=1S/C10H16O5/c1-5-6-7-10(14-15-10)13-8(11)12-9(2,3)4/h5-6H,7H2,1-4H3. The molecular weight excluding hydrogens is 200 g/mol. The van der Waals surface area contributed by atoms with E-state index in [0.29, 0.717) is 6.42 Å². The number of carbonyl (C=O) groups is 1. The Morgan fingerprint density at radius 3 is 2.40 bits per heavy atom. The Labute approximate surface area is 88.9 Å². The zero-order chi connectivity index (χ0) is 11.5. The number of rotatable bonds is 3. The molecule has 5 nitrogen and oxygen atoms in total. The zero-order valence-electron chi connectivity index (χ0n) is 9.40. The van der Waals surface area contributed by atoms with E-state index < -0.39 is 17.7 Å². The third-order valence-corrected chi connectivity index (χ3v) is 1.50. The van der Waals surface area contributed by atoms with Crippen LogP contribution < -0.4 is 0 Å². The van der Waals surface area contributed by atoms with Gasteiger partial charge >= 0.3 is 12.1 Å². The Hall–Kier alpha value is -1.07. The van der Waals surface area contributed by atoms with Crippen LogP contribution in [0.5, 0.6) is 0 Å². The van der Waals surface area contributed by atoms with Crippen LogP contribution in [-0.2, 0) is 19.2 Å². The smallest absolute Gasteiger partial charge is 0.428 e. The molecule has 0 aliphatic carbocycles. The SMILES string of the molecule is CC=CCC1(OC(=O)OC(C)(C)C)OO1. The monoisotopic (exact) mass is 216 g/mol. The average Bonchev–Trinajstić information content (AvgIpc) is 2.78. The number of hydrogen-bond acceptors (Lipinski definition) is 5. The minimum absolute atomic E-state index is 0.350. The molecule has 0 atom stereocenters. The molecule has 0 N–H and O–H groups in total. The van der Waals surface area contributed by atoms with Crippen LogP contribution in [0.25, 0.3) is 0 Å². The van der Waals surface area contributed by atoms with Crippen molar-refractivity contribution in [2.45, 2.75) is 45.7 Å². The van der Waals surface area contributed by atoms with E-state index in [-0.39, 0.29) is 0 Å². The normalized spacial score (nSPS) is 18.9. The van der Waals surface area contributed by atoms with Gasteiger partial charge in [-0.25, -0.2) is 4.79 Å². The molecular formula is C10H16O5. The molecule has 15 heavy (non-hydrogen) atoms. The lowest BCUT2D eigenvalue weighted by atomic mass is 10.2. The van der Waals surface area contributed by atoms with Crippen molar-refractivity contribution in [3.05, 3.63) is 12.2 Å². The molecule has 1 heterocycles. The van der Waals surface area contributed by atoms with Crippen molar-refractivity contribution in [3.8, 4) is 0 Å². The highest BCUT2D eigenvalue weighted by Crippen LogP contribution is 2.35. The van der Waals surface area contributed by atoms with Gasteiger partial charge in [-0.05, 0) is 27.7 Å². The Morgan fingerprint density at radius 1 is 1.40 bits per heavy atom. The quantitative estimate of drug-likeness (QED) is 0.314. The van der Waals surface area contributed by atoms with E-state index in [1.807, 2.05) is 13.0 Å². The summed E-state index contributed by atoms with van der Waals surface area (Å²) in [5.74, 6) is -1.27. The number of carbonyl (C=O) groups excluding carboxylic acids is 1. The maximum Gasteiger partial charge on any atom is 0.513 e. The van der Waals surface area contributed by atoms with Crippen molar-refractivity contribution < 1.29 is 24.0 Å². The number of hydrogen-bond donors (Lipinski definition) is 0. The Bertz CT molecular complexity index is 259. The van der Waals surface area contributed by atoms with E-state index in [4.69, 9.17) is 9.47 Å². The lowest BCUT2D eigenvalue weighted by Crippen LogP contribution is -2.28. The van der Waals surface area contributed by atoms with Crippen LogP contribution in [0.3, 0.4) is 0 Å². The summed E-state index contributed by atoms with van der Waals surface area (Å²) in [4.78, 5) is 20.5. The van der Waals surface area contributed by atoms with Crippen molar-refractivity contribution in [2.75, 3.05) is 0 Å². The van der Waals surface area contributed by atoms with Crippen LogP contribution in [0.15, 0.2) is 12.2 Å². The van der Waals surface area contributed by atoms with Gasteiger partial charge < -0.3 is 9.47 Å². The molecule has 0 aromatic carbocycles. The maximum absolute atomic E-state index is 11.2. The largest absolute Gasteiger partial charge is 0.513 e. The van der Waals surface area contributed by atoms with Crippen LogP contribution in [0.4, 0.5) is 4.79 Å². The van der Waals surface area contributed by atoms with Gasteiger partial charge in [-0.15, -0.1) is 0 Å². The first-order chi connectivity index (χ1) is 6.87. The molecule has 0 bridgehead atoms. The minimum Gasteiger partial charge on any atom is -0.428 e. The summed E-state index contributed by atoms with van der Waals surface area (Å²) in [6, 6.07) is 0. The first kappa shape index (κ1) is 12.0. The Morgan fingerprint density at radius 2 is 2.00 bits per heavy atom.